The average Bonchev–Trinajstić information content (AvgIpc) is 3.70. The molecular weight excluding hydrogens is 583 g/mol. The van der Waals surface area contributed by atoms with Gasteiger partial charge in [-0.25, -0.2) is 4.57 Å². The molecule has 3 aliphatic rings. The number of nitrogens with zero attached hydrogens (tertiary/aromatic N) is 2. The van der Waals surface area contributed by atoms with Crippen molar-refractivity contribution in [3.05, 3.63) is 83.9 Å². The molecule has 5 atom stereocenters. The predicted octanol–water partition coefficient (Wildman–Crippen LogP) is 7.45. The highest BCUT2D eigenvalue weighted by molar-refractivity contribution is 7.47. The molecule has 1 amide bonds. The van der Waals surface area contributed by atoms with Crippen molar-refractivity contribution in [2.75, 3.05) is 54.0 Å². The molecule has 5 rings (SSSR count). The monoisotopic (exact) mass is 635 g/mol. The molecule has 2 aliphatic carbocycles. The van der Waals surface area contributed by atoms with E-state index < -0.39 is 7.82 Å². The quantitative estimate of drug-likeness (QED) is 0.172. The van der Waals surface area contributed by atoms with Crippen LogP contribution in [0.15, 0.2) is 72.8 Å². The maximum absolute atomic E-state index is 13.3. The molecule has 0 aromatic heterocycles. The summed E-state index contributed by atoms with van der Waals surface area (Å²) in [5.41, 5.74) is 6.61. The van der Waals surface area contributed by atoms with Crippen LogP contribution in [-0.4, -0.2) is 74.2 Å². The molecule has 1 saturated carbocycles. The first kappa shape index (κ1) is 33.8. The number of hydrogen-bond acceptors (Lipinski definition) is 4. The fourth-order valence-electron chi connectivity index (χ4n) is 7.89. The molecule has 8 heteroatoms. The van der Waals surface area contributed by atoms with Crippen LogP contribution in [0.3, 0.4) is 0 Å². The van der Waals surface area contributed by atoms with Crippen molar-refractivity contribution in [2.45, 2.75) is 51.9 Å². The van der Waals surface area contributed by atoms with Crippen molar-refractivity contribution >= 4 is 24.9 Å². The van der Waals surface area contributed by atoms with Crippen LogP contribution in [0.1, 0.15) is 63.0 Å². The highest BCUT2D eigenvalue weighted by atomic mass is 31.2. The van der Waals surface area contributed by atoms with Gasteiger partial charge in [-0.05, 0) is 72.6 Å². The summed E-state index contributed by atoms with van der Waals surface area (Å²) in [5.74, 6) is 1.32. The fraction of sp³-hybridized carbons (Fsp3) is 0.541. The Bertz CT molecular complexity index is 1420. The minimum Gasteiger partial charge on any atom is -0.342 e. The lowest BCUT2D eigenvalue weighted by Crippen LogP contribution is -2.37. The minimum absolute atomic E-state index is 0.0309. The van der Waals surface area contributed by atoms with E-state index in [1.807, 2.05) is 26.0 Å². The summed E-state index contributed by atoms with van der Waals surface area (Å²) in [6, 6.07) is 21.5. The van der Waals surface area contributed by atoms with E-state index in [-0.39, 0.29) is 30.5 Å². The molecule has 1 N–H and O–H groups in total. The molecule has 1 unspecified atom stereocenters. The Hall–Kier alpha value is -2.54. The highest BCUT2D eigenvalue weighted by Crippen LogP contribution is 2.67. The summed E-state index contributed by atoms with van der Waals surface area (Å²) in [4.78, 5) is 25.3. The molecule has 45 heavy (non-hydrogen) atoms. The van der Waals surface area contributed by atoms with E-state index in [1.165, 1.54) is 34.3 Å². The molecule has 2 fully saturated rings. The number of rotatable bonds is 14. The Labute approximate surface area is 270 Å². The van der Waals surface area contributed by atoms with E-state index in [0.717, 1.165) is 32.1 Å². The second-order valence-electron chi connectivity index (χ2n) is 14.4. The van der Waals surface area contributed by atoms with Crippen molar-refractivity contribution in [2.24, 2.45) is 23.2 Å². The van der Waals surface area contributed by atoms with E-state index in [0.29, 0.717) is 42.4 Å². The van der Waals surface area contributed by atoms with Crippen LogP contribution >= 0.6 is 7.82 Å². The van der Waals surface area contributed by atoms with Crippen LogP contribution in [0.5, 0.6) is 0 Å². The van der Waals surface area contributed by atoms with Gasteiger partial charge in [-0.2, -0.15) is 0 Å². The molecule has 1 saturated heterocycles. The fourth-order valence-corrected chi connectivity index (χ4v) is 8.67. The molecule has 0 radical (unpaired) electrons. The number of likely N-dealkylation sites (N-methyl/N-ethyl adjacent to an activating group) is 1. The van der Waals surface area contributed by atoms with Gasteiger partial charge < -0.3 is 14.3 Å². The molecule has 2 aromatic rings. The van der Waals surface area contributed by atoms with Crippen molar-refractivity contribution in [3.63, 3.8) is 0 Å². The van der Waals surface area contributed by atoms with Gasteiger partial charge in [0, 0.05) is 30.8 Å². The summed E-state index contributed by atoms with van der Waals surface area (Å²) in [7, 11) is 1.88. The van der Waals surface area contributed by atoms with Gasteiger partial charge in [-0.1, -0.05) is 79.7 Å². The zero-order valence-corrected chi connectivity index (χ0v) is 28.5. The number of allylic oxidation sites excluding steroid dienone is 3. The van der Waals surface area contributed by atoms with E-state index >= 15 is 0 Å². The lowest BCUT2D eigenvalue weighted by molar-refractivity contribution is -0.870. The first-order valence-electron chi connectivity index (χ1n) is 16.6. The second-order valence-corrected chi connectivity index (χ2v) is 15.9. The maximum Gasteiger partial charge on any atom is 0.472 e. The molecule has 1 heterocycles. The number of amides is 1. The minimum atomic E-state index is -4.11. The van der Waals surface area contributed by atoms with Crippen LogP contribution in [0.2, 0.25) is 0 Å². The Morgan fingerprint density at radius 1 is 1.07 bits per heavy atom. The molecule has 7 nitrogen and oxygen atoms in total. The first-order valence-corrected chi connectivity index (χ1v) is 18.1. The van der Waals surface area contributed by atoms with Gasteiger partial charge in [0.25, 0.3) is 0 Å². The first-order chi connectivity index (χ1) is 21.4. The summed E-state index contributed by atoms with van der Waals surface area (Å²) in [5, 5.41) is 0. The van der Waals surface area contributed by atoms with Gasteiger partial charge in [0.2, 0.25) is 5.91 Å². The van der Waals surface area contributed by atoms with Crippen LogP contribution < -0.4 is 0 Å². The van der Waals surface area contributed by atoms with Crippen molar-refractivity contribution < 1.29 is 27.8 Å². The molecule has 0 bridgehead atoms. The van der Waals surface area contributed by atoms with Crippen LogP contribution in [0.25, 0.3) is 11.1 Å². The summed E-state index contributed by atoms with van der Waals surface area (Å²) < 4.78 is 23.4. The van der Waals surface area contributed by atoms with Crippen molar-refractivity contribution in [1.29, 1.82) is 0 Å². The SMILES string of the molecule is C=C(c1ccccc1)[C@@]12CC[C@@H](C)[C@@H]1CC(CCCC(=O)N1CC[C@@H](COP(=O)(O)OCC[N+](C)(C)C)C1)=C2c1ccccc1. The van der Waals surface area contributed by atoms with Crippen LogP contribution in [-0.2, 0) is 18.4 Å². The molecule has 244 valence electrons. The summed E-state index contributed by atoms with van der Waals surface area (Å²) in [6.45, 7) is 9.23. The van der Waals surface area contributed by atoms with Gasteiger partial charge in [0.05, 0.1) is 27.7 Å². The van der Waals surface area contributed by atoms with Gasteiger partial charge in [-0.15, -0.1) is 0 Å². The number of carbonyl (C=O) groups excluding carboxylic acids is 1. The van der Waals surface area contributed by atoms with E-state index in [4.69, 9.17) is 15.6 Å². The normalized spacial score (nSPS) is 26.2. The van der Waals surface area contributed by atoms with Crippen LogP contribution in [0, 0.1) is 23.2 Å². The lowest BCUT2D eigenvalue weighted by atomic mass is 9.66. The number of quaternary nitrogens is 1. The summed E-state index contributed by atoms with van der Waals surface area (Å²) in [6.07, 6.45) is 6.35. The average molecular weight is 636 g/mol. The zero-order chi connectivity index (χ0) is 32.2. The Kier molecular flexibility index (Phi) is 10.6. The Morgan fingerprint density at radius 2 is 1.76 bits per heavy atom. The largest absolute Gasteiger partial charge is 0.472 e. The number of hydrogen-bond donors (Lipinski definition) is 1. The third-order valence-electron chi connectivity index (χ3n) is 10.3. The lowest BCUT2D eigenvalue weighted by Gasteiger charge is -2.37. The third-order valence-corrected chi connectivity index (χ3v) is 11.3. The van der Waals surface area contributed by atoms with Crippen LogP contribution in [0.4, 0.5) is 0 Å². The maximum atomic E-state index is 13.3. The van der Waals surface area contributed by atoms with Crippen molar-refractivity contribution in [1.82, 2.24) is 4.90 Å². The molecule has 1 aliphatic heterocycles. The van der Waals surface area contributed by atoms with E-state index in [9.17, 15) is 14.3 Å². The van der Waals surface area contributed by atoms with Gasteiger partial charge in [0.15, 0.2) is 0 Å². The predicted molar refractivity (Wildman–Crippen MR) is 181 cm³/mol. The molecular formula is C37H52N2O5P+. The van der Waals surface area contributed by atoms with Crippen molar-refractivity contribution in [3.8, 4) is 0 Å². The number of phosphoric ester groups is 1. The van der Waals surface area contributed by atoms with E-state index in [2.05, 4.69) is 67.6 Å². The Morgan fingerprint density at radius 3 is 2.44 bits per heavy atom. The number of likely N-dealkylation sites (tertiary alicyclic amines) is 1. The summed E-state index contributed by atoms with van der Waals surface area (Å²) >= 11 is 0. The second kappa shape index (κ2) is 14.1. The number of fused-ring (bicyclic) bond motifs is 1. The highest BCUT2D eigenvalue weighted by Gasteiger charge is 2.55. The van der Waals surface area contributed by atoms with Gasteiger partial charge in [0.1, 0.15) is 13.2 Å². The van der Waals surface area contributed by atoms with Gasteiger partial charge in [-0.3, -0.25) is 13.8 Å². The molecule has 2 aromatic carbocycles. The Balaban J connectivity index is 1.21. The zero-order valence-electron chi connectivity index (χ0n) is 27.6. The standard InChI is InChI=1S/C37H51N2O5P/c1-28-19-21-37(29(2)31-13-8-6-9-14-31)34(28)25-33(36(37)32-15-10-7-11-16-32)17-12-18-35(40)38-22-20-30(26-38)27-44-45(41,42)43-24-23-39(3,4)5/h6-11,13-16,28,30,34H,2,12,17-27H2,1,3-5H3/p+1/t28-,30-,34+,37+/m1/s1. The topological polar surface area (TPSA) is 76.1 Å². The number of phosphoric acid groups is 1. The molecule has 0 spiro atoms. The smallest absolute Gasteiger partial charge is 0.342 e. The van der Waals surface area contributed by atoms with E-state index in [1.54, 1.807) is 0 Å². The van der Waals surface area contributed by atoms with Gasteiger partial charge >= 0.3 is 7.82 Å². The number of benzene rings is 2. The number of carbonyl (C=O) groups is 1. The third kappa shape index (κ3) is 7.89.